The molecule has 3 rings (SSSR count). The van der Waals surface area contributed by atoms with Crippen LogP contribution in [0.5, 0.6) is 0 Å². The molecule has 4 nitrogen and oxygen atoms in total. The van der Waals surface area contributed by atoms with Gasteiger partial charge < -0.3 is 4.98 Å². The largest absolute Gasteiger partial charge is 0.309 e. The minimum absolute atomic E-state index is 0.0365. The van der Waals surface area contributed by atoms with Gasteiger partial charge in [-0.25, -0.2) is 4.98 Å². The lowest BCUT2D eigenvalue weighted by atomic mass is 9.98. The molecular weight excluding hydrogens is 413 g/mol. The molecule has 0 unspecified atom stereocenters. The molecule has 0 fully saturated rings. The van der Waals surface area contributed by atoms with E-state index in [4.69, 9.17) is 28.2 Å². The Morgan fingerprint density at radius 3 is 2.68 bits per heavy atom. The number of hydrogen-bond acceptors (Lipinski definition) is 4. The first-order chi connectivity index (χ1) is 13.3. The molecular formula is C21H25Cl2N3OS. The minimum Gasteiger partial charge on any atom is -0.309 e. The third-order valence-corrected chi connectivity index (χ3v) is 6.80. The Hall–Kier alpha value is -1.40. The second-order valence-corrected chi connectivity index (χ2v) is 9.49. The van der Waals surface area contributed by atoms with Crippen LogP contribution < -0.4 is 5.56 Å². The number of rotatable bonds is 7. The molecule has 1 aromatic carbocycles. The van der Waals surface area contributed by atoms with Gasteiger partial charge in [-0.2, -0.15) is 0 Å². The van der Waals surface area contributed by atoms with Crippen LogP contribution in [0.3, 0.4) is 0 Å². The lowest BCUT2D eigenvalue weighted by molar-refractivity contribution is 0.311. The van der Waals surface area contributed by atoms with Gasteiger partial charge in [-0.05, 0) is 49.6 Å². The molecule has 0 spiro atoms. The average Bonchev–Trinajstić information content (AvgIpc) is 2.93. The van der Waals surface area contributed by atoms with Crippen LogP contribution >= 0.6 is 34.5 Å². The van der Waals surface area contributed by atoms with Gasteiger partial charge in [0.15, 0.2) is 0 Å². The van der Waals surface area contributed by atoms with Gasteiger partial charge in [0, 0.05) is 11.4 Å². The van der Waals surface area contributed by atoms with E-state index in [1.165, 1.54) is 4.88 Å². The van der Waals surface area contributed by atoms with Crippen LogP contribution in [0.1, 0.15) is 42.1 Å². The summed E-state index contributed by atoms with van der Waals surface area (Å²) in [6.45, 7) is 7.71. The fourth-order valence-corrected chi connectivity index (χ4v) is 4.69. The van der Waals surface area contributed by atoms with Crippen molar-refractivity contribution in [2.24, 2.45) is 5.92 Å². The quantitative estimate of drug-likeness (QED) is 0.506. The van der Waals surface area contributed by atoms with Crippen molar-refractivity contribution in [2.45, 2.75) is 46.7 Å². The number of hydrogen-bond donors (Lipinski definition) is 1. The monoisotopic (exact) mass is 437 g/mol. The van der Waals surface area contributed by atoms with Crippen molar-refractivity contribution in [1.29, 1.82) is 0 Å². The zero-order chi connectivity index (χ0) is 20.4. The Morgan fingerprint density at radius 1 is 1.25 bits per heavy atom. The average molecular weight is 438 g/mol. The number of benzene rings is 1. The zero-order valence-corrected chi connectivity index (χ0v) is 18.9. The maximum atomic E-state index is 12.8. The predicted molar refractivity (Wildman–Crippen MR) is 120 cm³/mol. The number of thiophene rings is 1. The highest BCUT2D eigenvalue weighted by Crippen LogP contribution is 2.29. The highest BCUT2D eigenvalue weighted by molar-refractivity contribution is 7.18. The van der Waals surface area contributed by atoms with E-state index in [1.807, 2.05) is 19.2 Å². The number of halogens is 2. The summed E-state index contributed by atoms with van der Waals surface area (Å²) in [5, 5.41) is 1.85. The van der Waals surface area contributed by atoms with E-state index in [0.717, 1.165) is 34.2 Å². The minimum atomic E-state index is -0.0365. The van der Waals surface area contributed by atoms with Gasteiger partial charge >= 0.3 is 0 Å². The van der Waals surface area contributed by atoms with Crippen molar-refractivity contribution in [3.63, 3.8) is 0 Å². The molecule has 150 valence electrons. The van der Waals surface area contributed by atoms with Crippen molar-refractivity contribution in [2.75, 3.05) is 7.05 Å². The normalized spacial score (nSPS) is 12.8. The lowest BCUT2D eigenvalue weighted by Gasteiger charge is -2.16. The Morgan fingerprint density at radius 2 is 2.00 bits per heavy atom. The maximum Gasteiger partial charge on any atom is 0.259 e. The van der Waals surface area contributed by atoms with Crippen molar-refractivity contribution in [3.05, 3.63) is 60.4 Å². The number of aromatic amines is 1. The third kappa shape index (κ3) is 4.77. The molecule has 28 heavy (non-hydrogen) atoms. The summed E-state index contributed by atoms with van der Waals surface area (Å²) in [4.78, 5) is 24.6. The Kier molecular flexibility index (Phi) is 6.81. The van der Waals surface area contributed by atoms with E-state index < -0.39 is 0 Å². The van der Waals surface area contributed by atoms with Crippen LogP contribution in [0.4, 0.5) is 0 Å². The molecule has 3 aromatic rings. The first-order valence-corrected chi connectivity index (χ1v) is 11.0. The van der Waals surface area contributed by atoms with Gasteiger partial charge in [0.1, 0.15) is 10.7 Å². The SMILES string of the molecule is CC[C@H](C)Cc1c(C)sc2nc(CN(C)Cc3ccc(Cl)c(Cl)c3)[nH]c(=O)c12. The topological polar surface area (TPSA) is 49.0 Å². The number of nitrogens with zero attached hydrogens (tertiary/aromatic N) is 2. The van der Waals surface area contributed by atoms with E-state index in [2.05, 4.69) is 30.7 Å². The first kappa shape index (κ1) is 21.3. The van der Waals surface area contributed by atoms with Crippen LogP contribution in [-0.4, -0.2) is 21.9 Å². The molecule has 0 bridgehead atoms. The number of aromatic nitrogens is 2. The second kappa shape index (κ2) is 8.95. The summed E-state index contributed by atoms with van der Waals surface area (Å²) >= 11 is 13.7. The fraction of sp³-hybridized carbons (Fsp3) is 0.429. The molecule has 0 radical (unpaired) electrons. The molecule has 2 aromatic heterocycles. The van der Waals surface area contributed by atoms with Crippen LogP contribution in [0.25, 0.3) is 10.2 Å². The summed E-state index contributed by atoms with van der Waals surface area (Å²) in [5.74, 6) is 1.23. The highest BCUT2D eigenvalue weighted by atomic mass is 35.5. The van der Waals surface area contributed by atoms with Crippen molar-refractivity contribution >= 4 is 44.8 Å². The number of aryl methyl sites for hydroxylation is 1. The van der Waals surface area contributed by atoms with Gasteiger partial charge in [-0.1, -0.05) is 49.5 Å². The predicted octanol–water partition coefficient (Wildman–Crippen LogP) is 5.82. The van der Waals surface area contributed by atoms with Crippen LogP contribution in [0.15, 0.2) is 23.0 Å². The molecule has 0 aliphatic heterocycles. The van der Waals surface area contributed by atoms with E-state index in [-0.39, 0.29) is 5.56 Å². The molecule has 0 aliphatic rings. The summed E-state index contributed by atoms with van der Waals surface area (Å²) in [6.07, 6.45) is 2.02. The summed E-state index contributed by atoms with van der Waals surface area (Å²) < 4.78 is 0. The maximum absolute atomic E-state index is 12.8. The van der Waals surface area contributed by atoms with Crippen molar-refractivity contribution in [1.82, 2.24) is 14.9 Å². The number of H-pyrrole nitrogens is 1. The Labute approximate surface area is 179 Å². The van der Waals surface area contributed by atoms with Gasteiger partial charge in [-0.3, -0.25) is 9.69 Å². The Bertz CT molecular complexity index is 1040. The van der Waals surface area contributed by atoms with Gasteiger partial charge in [0.25, 0.3) is 5.56 Å². The van der Waals surface area contributed by atoms with E-state index >= 15 is 0 Å². The second-order valence-electron chi connectivity index (χ2n) is 7.47. The van der Waals surface area contributed by atoms with E-state index in [0.29, 0.717) is 34.9 Å². The Balaban J connectivity index is 1.82. The van der Waals surface area contributed by atoms with Crippen LogP contribution in [-0.2, 0) is 19.5 Å². The molecule has 0 amide bonds. The standard InChI is InChI=1S/C21H25Cl2N3OS/c1-5-12(2)8-15-13(3)28-21-19(15)20(27)24-18(25-21)11-26(4)10-14-6-7-16(22)17(23)9-14/h6-7,9,12H,5,8,10-11H2,1-4H3,(H,24,25,27)/t12-/m0/s1. The van der Waals surface area contributed by atoms with Crippen molar-refractivity contribution in [3.8, 4) is 0 Å². The zero-order valence-electron chi connectivity index (χ0n) is 16.6. The van der Waals surface area contributed by atoms with Gasteiger partial charge in [0.2, 0.25) is 0 Å². The molecule has 0 saturated carbocycles. The lowest BCUT2D eigenvalue weighted by Crippen LogP contribution is -2.22. The molecule has 1 atom stereocenters. The third-order valence-electron chi connectivity index (χ3n) is 5.02. The fourth-order valence-electron chi connectivity index (χ4n) is 3.29. The molecule has 7 heteroatoms. The van der Waals surface area contributed by atoms with Gasteiger partial charge in [0.05, 0.1) is 22.0 Å². The van der Waals surface area contributed by atoms with Crippen LogP contribution in [0.2, 0.25) is 10.0 Å². The van der Waals surface area contributed by atoms with E-state index in [9.17, 15) is 4.79 Å². The molecule has 1 N–H and O–H groups in total. The number of fused-ring (bicyclic) bond motifs is 1. The van der Waals surface area contributed by atoms with Crippen LogP contribution in [0, 0.1) is 12.8 Å². The summed E-state index contributed by atoms with van der Waals surface area (Å²) in [5.41, 5.74) is 2.17. The van der Waals surface area contributed by atoms with E-state index in [1.54, 1.807) is 17.4 Å². The summed E-state index contributed by atoms with van der Waals surface area (Å²) in [7, 11) is 1.99. The van der Waals surface area contributed by atoms with Crippen molar-refractivity contribution < 1.29 is 0 Å². The molecule has 0 saturated heterocycles. The summed E-state index contributed by atoms with van der Waals surface area (Å²) in [6, 6.07) is 5.62. The highest BCUT2D eigenvalue weighted by Gasteiger charge is 2.17. The van der Waals surface area contributed by atoms with Gasteiger partial charge in [-0.15, -0.1) is 11.3 Å². The first-order valence-electron chi connectivity index (χ1n) is 9.42. The molecule has 0 aliphatic carbocycles. The number of nitrogens with one attached hydrogen (secondary N) is 1. The smallest absolute Gasteiger partial charge is 0.259 e. The molecule has 2 heterocycles.